The normalized spacial score (nSPS) is 11.5. The second kappa shape index (κ2) is 11.9. The number of hydrogen-bond acceptors (Lipinski definition) is 2. The zero-order valence-electron chi connectivity index (χ0n) is 27.7. The maximum absolute atomic E-state index is 5.05. The van der Waals surface area contributed by atoms with Crippen molar-refractivity contribution in [1.82, 2.24) is 14.5 Å². The molecule has 238 valence electrons. The Morgan fingerprint density at radius 1 is 0.333 bits per heavy atom. The summed E-state index contributed by atoms with van der Waals surface area (Å²) in [5.41, 5.74) is 12.4. The van der Waals surface area contributed by atoms with Crippen molar-refractivity contribution in [2.24, 2.45) is 0 Å². The molecule has 51 heavy (non-hydrogen) atoms. The van der Waals surface area contributed by atoms with Gasteiger partial charge in [0.05, 0.1) is 22.2 Å². The highest BCUT2D eigenvalue weighted by Gasteiger charge is 2.13. The average Bonchev–Trinajstić information content (AvgIpc) is 3.55. The fraction of sp³-hybridized carbons (Fsp3) is 0. The third-order valence-electron chi connectivity index (χ3n) is 10.0. The molecule has 0 unspecified atom stereocenters. The smallest absolute Gasteiger partial charge is 0.160 e. The van der Waals surface area contributed by atoms with Gasteiger partial charge in [-0.1, -0.05) is 146 Å². The molecular formula is C48H31N3. The van der Waals surface area contributed by atoms with Gasteiger partial charge in [-0.05, 0) is 75.5 Å². The van der Waals surface area contributed by atoms with Crippen LogP contribution in [0.5, 0.6) is 0 Å². The van der Waals surface area contributed by atoms with Crippen molar-refractivity contribution in [2.75, 3.05) is 0 Å². The van der Waals surface area contributed by atoms with E-state index in [-0.39, 0.29) is 0 Å². The van der Waals surface area contributed by atoms with Crippen molar-refractivity contribution in [2.45, 2.75) is 0 Å². The number of aromatic nitrogens is 3. The third-order valence-corrected chi connectivity index (χ3v) is 10.0. The molecule has 0 radical (unpaired) electrons. The van der Waals surface area contributed by atoms with Crippen LogP contribution in [0.4, 0.5) is 0 Å². The Bertz CT molecular complexity index is 2830. The molecule has 0 spiro atoms. The van der Waals surface area contributed by atoms with Crippen LogP contribution in [0.2, 0.25) is 0 Å². The molecule has 0 saturated heterocycles. The van der Waals surface area contributed by atoms with Crippen LogP contribution in [0.15, 0.2) is 188 Å². The van der Waals surface area contributed by atoms with Crippen LogP contribution < -0.4 is 0 Å². The first kappa shape index (κ1) is 29.1. The third kappa shape index (κ3) is 5.06. The molecular weight excluding hydrogens is 619 g/mol. The number of benzene rings is 8. The lowest BCUT2D eigenvalue weighted by molar-refractivity contribution is 1.18. The first-order valence-corrected chi connectivity index (χ1v) is 17.3. The number of nitrogens with zero attached hydrogens (tertiary/aromatic N) is 3. The second-order valence-corrected chi connectivity index (χ2v) is 13.0. The van der Waals surface area contributed by atoms with E-state index >= 15 is 0 Å². The van der Waals surface area contributed by atoms with Crippen molar-refractivity contribution in [3.63, 3.8) is 0 Å². The van der Waals surface area contributed by atoms with Gasteiger partial charge in [-0.25, -0.2) is 9.97 Å². The molecule has 8 aromatic carbocycles. The summed E-state index contributed by atoms with van der Waals surface area (Å²) in [7, 11) is 0. The lowest BCUT2D eigenvalue weighted by atomic mass is 9.96. The SMILES string of the molecule is c1ccc(-c2nc(-c3ccc(-c4ccc5cc(-c6ccc(-n7c8ccccc8c8ccccc87)cc6)ccc5c4)cc3)c3ccccc3n2)cc1. The molecule has 3 heteroatoms. The molecule has 10 rings (SSSR count). The number of hydrogen-bond donors (Lipinski definition) is 0. The molecule has 0 atom stereocenters. The summed E-state index contributed by atoms with van der Waals surface area (Å²) >= 11 is 0. The fourth-order valence-electron chi connectivity index (χ4n) is 7.44. The van der Waals surface area contributed by atoms with Crippen LogP contribution >= 0.6 is 0 Å². The summed E-state index contributed by atoms with van der Waals surface area (Å²) in [6, 6.07) is 66.9. The first-order valence-electron chi connectivity index (χ1n) is 17.3. The molecule has 0 saturated carbocycles. The van der Waals surface area contributed by atoms with Crippen molar-refractivity contribution in [3.8, 4) is 50.6 Å². The predicted octanol–water partition coefficient (Wildman–Crippen LogP) is 12.5. The number of rotatable bonds is 5. The highest BCUT2D eigenvalue weighted by atomic mass is 15.0. The van der Waals surface area contributed by atoms with E-state index in [2.05, 4.69) is 162 Å². The van der Waals surface area contributed by atoms with Gasteiger partial charge in [0.15, 0.2) is 5.82 Å². The Kier molecular flexibility index (Phi) is 6.81. The quantitative estimate of drug-likeness (QED) is 0.186. The van der Waals surface area contributed by atoms with Crippen molar-refractivity contribution >= 4 is 43.5 Å². The maximum atomic E-state index is 5.05. The zero-order chi connectivity index (χ0) is 33.7. The molecule has 0 N–H and O–H groups in total. The summed E-state index contributed by atoms with van der Waals surface area (Å²) in [6.45, 7) is 0. The first-order chi connectivity index (χ1) is 25.3. The minimum atomic E-state index is 0.737. The summed E-state index contributed by atoms with van der Waals surface area (Å²) in [4.78, 5) is 9.92. The van der Waals surface area contributed by atoms with Crippen LogP contribution in [-0.2, 0) is 0 Å². The molecule has 0 fully saturated rings. The van der Waals surface area contributed by atoms with E-state index in [1.807, 2.05) is 30.3 Å². The van der Waals surface area contributed by atoms with Gasteiger partial charge >= 0.3 is 0 Å². The zero-order valence-corrected chi connectivity index (χ0v) is 27.7. The van der Waals surface area contributed by atoms with Crippen LogP contribution in [0.25, 0.3) is 94.1 Å². The maximum Gasteiger partial charge on any atom is 0.160 e. The van der Waals surface area contributed by atoms with Crippen LogP contribution in [0, 0.1) is 0 Å². The van der Waals surface area contributed by atoms with Crippen LogP contribution in [0.3, 0.4) is 0 Å². The van der Waals surface area contributed by atoms with Gasteiger partial charge in [-0.2, -0.15) is 0 Å². The minimum Gasteiger partial charge on any atom is -0.309 e. The van der Waals surface area contributed by atoms with Crippen molar-refractivity contribution in [3.05, 3.63) is 188 Å². The van der Waals surface area contributed by atoms with E-state index in [1.54, 1.807) is 0 Å². The highest BCUT2D eigenvalue weighted by Crippen LogP contribution is 2.35. The van der Waals surface area contributed by atoms with Crippen molar-refractivity contribution in [1.29, 1.82) is 0 Å². The Balaban J connectivity index is 0.948. The van der Waals surface area contributed by atoms with Gasteiger partial charge in [0, 0.05) is 33.0 Å². The van der Waals surface area contributed by atoms with Gasteiger partial charge in [0.1, 0.15) is 0 Å². The highest BCUT2D eigenvalue weighted by molar-refractivity contribution is 6.09. The monoisotopic (exact) mass is 649 g/mol. The topological polar surface area (TPSA) is 30.7 Å². The molecule has 0 aliphatic carbocycles. The van der Waals surface area contributed by atoms with Gasteiger partial charge in [-0.3, -0.25) is 0 Å². The summed E-state index contributed by atoms with van der Waals surface area (Å²) in [5, 5.41) is 6.04. The molecule has 10 aromatic rings. The lowest BCUT2D eigenvalue weighted by Crippen LogP contribution is -1.95. The summed E-state index contributed by atoms with van der Waals surface area (Å²) in [5.74, 6) is 0.737. The van der Waals surface area contributed by atoms with E-state index in [9.17, 15) is 0 Å². The van der Waals surface area contributed by atoms with Gasteiger partial charge < -0.3 is 4.57 Å². The van der Waals surface area contributed by atoms with Gasteiger partial charge in [0.2, 0.25) is 0 Å². The van der Waals surface area contributed by atoms with E-state index in [4.69, 9.17) is 9.97 Å². The van der Waals surface area contributed by atoms with E-state index in [1.165, 1.54) is 54.8 Å². The van der Waals surface area contributed by atoms with Gasteiger partial charge in [0.25, 0.3) is 0 Å². The average molecular weight is 650 g/mol. The fourth-order valence-corrected chi connectivity index (χ4v) is 7.44. The lowest BCUT2D eigenvalue weighted by Gasteiger charge is -2.11. The number of para-hydroxylation sites is 3. The summed E-state index contributed by atoms with van der Waals surface area (Å²) < 4.78 is 2.36. The molecule has 0 aliphatic heterocycles. The standard InChI is InChI=1S/C48H31N3/c1-2-10-35(11-3-1)48-49-44-15-7-4-14-43(44)47(50-48)34-20-18-32(19-21-34)36-22-24-39-31-37(23-25-38(39)30-36)33-26-28-40(29-27-33)51-45-16-8-5-12-41(45)42-13-6-9-17-46(42)51/h1-31H. The molecule has 2 aromatic heterocycles. The molecule has 2 heterocycles. The van der Waals surface area contributed by atoms with E-state index < -0.39 is 0 Å². The van der Waals surface area contributed by atoms with Crippen molar-refractivity contribution < 1.29 is 0 Å². The van der Waals surface area contributed by atoms with E-state index in [0.717, 1.165) is 39.2 Å². The molecule has 0 aliphatic rings. The molecule has 0 amide bonds. The Hall–Kier alpha value is -6.84. The Morgan fingerprint density at radius 3 is 1.45 bits per heavy atom. The second-order valence-electron chi connectivity index (χ2n) is 13.0. The largest absolute Gasteiger partial charge is 0.309 e. The van der Waals surface area contributed by atoms with E-state index in [0.29, 0.717) is 0 Å². The Morgan fingerprint density at radius 2 is 0.824 bits per heavy atom. The molecule has 0 bridgehead atoms. The van der Waals surface area contributed by atoms with Crippen LogP contribution in [-0.4, -0.2) is 14.5 Å². The predicted molar refractivity (Wildman–Crippen MR) is 213 cm³/mol. The minimum absolute atomic E-state index is 0.737. The number of fused-ring (bicyclic) bond motifs is 5. The van der Waals surface area contributed by atoms with Crippen LogP contribution in [0.1, 0.15) is 0 Å². The van der Waals surface area contributed by atoms with Gasteiger partial charge in [-0.15, -0.1) is 0 Å². The summed E-state index contributed by atoms with van der Waals surface area (Å²) in [6.07, 6.45) is 0. The Labute approximate surface area is 295 Å². The molecule has 3 nitrogen and oxygen atoms in total.